The first-order valence-corrected chi connectivity index (χ1v) is 6.82. The third-order valence-electron chi connectivity index (χ3n) is 3.22. The van der Waals surface area contributed by atoms with E-state index in [1.165, 1.54) is 12.1 Å². The zero-order valence-corrected chi connectivity index (χ0v) is 10.1. The summed E-state index contributed by atoms with van der Waals surface area (Å²) < 4.78 is 13.1. The van der Waals surface area contributed by atoms with Gasteiger partial charge in [0.2, 0.25) is 5.91 Å². The molecule has 3 rings (SSSR count). The molecule has 1 N–H and O–H groups in total. The van der Waals surface area contributed by atoms with Crippen molar-refractivity contribution in [2.75, 3.05) is 23.1 Å². The molecule has 90 valence electrons. The molecule has 0 aliphatic carbocycles. The smallest absolute Gasteiger partial charge is 0.245 e. The van der Waals surface area contributed by atoms with Gasteiger partial charge in [0.1, 0.15) is 5.82 Å². The lowest BCUT2D eigenvalue weighted by Gasteiger charge is -2.20. The van der Waals surface area contributed by atoms with Crippen LogP contribution in [0.1, 0.15) is 5.56 Å². The van der Waals surface area contributed by atoms with E-state index in [1.807, 2.05) is 0 Å². The van der Waals surface area contributed by atoms with Crippen molar-refractivity contribution in [3.8, 4) is 0 Å². The van der Waals surface area contributed by atoms with Crippen molar-refractivity contribution < 1.29 is 9.18 Å². The second kappa shape index (κ2) is 4.31. The van der Waals surface area contributed by atoms with Crippen molar-refractivity contribution in [1.82, 2.24) is 5.32 Å². The average Bonchev–Trinajstić information content (AvgIpc) is 2.96. The number of halogens is 1. The molecule has 0 radical (unpaired) electrons. The Kier molecular flexibility index (Phi) is 2.80. The lowest BCUT2D eigenvalue weighted by Crippen LogP contribution is -2.44. The molecule has 0 spiro atoms. The maximum atomic E-state index is 13.1. The van der Waals surface area contributed by atoms with Crippen LogP contribution in [0, 0.1) is 5.82 Å². The molecule has 17 heavy (non-hydrogen) atoms. The lowest BCUT2D eigenvalue weighted by molar-refractivity contribution is -0.119. The van der Waals surface area contributed by atoms with Crippen molar-refractivity contribution in [3.63, 3.8) is 0 Å². The summed E-state index contributed by atoms with van der Waals surface area (Å²) in [6.45, 7) is 0.667. The minimum absolute atomic E-state index is 0.0870. The summed E-state index contributed by atoms with van der Waals surface area (Å²) in [5, 5.41) is 3.17. The Hall–Kier alpha value is -1.07. The first-order valence-electron chi connectivity index (χ1n) is 5.66. The zero-order chi connectivity index (χ0) is 11.8. The number of carbonyl (C=O) groups excluding carboxylic acids is 1. The fourth-order valence-electron chi connectivity index (χ4n) is 2.34. The maximum absolute atomic E-state index is 13.1. The summed E-state index contributed by atoms with van der Waals surface area (Å²) in [6.07, 6.45) is 0.749. The molecule has 2 aliphatic rings. The highest BCUT2D eigenvalue weighted by atomic mass is 32.2. The van der Waals surface area contributed by atoms with Crippen molar-refractivity contribution in [2.24, 2.45) is 0 Å². The molecule has 1 unspecified atom stereocenters. The lowest BCUT2D eigenvalue weighted by atomic mass is 10.1. The molecule has 0 saturated carbocycles. The Balaban J connectivity index is 1.85. The molecule has 5 heteroatoms. The molecule has 2 heterocycles. The average molecular weight is 252 g/mol. The van der Waals surface area contributed by atoms with E-state index in [0.717, 1.165) is 29.3 Å². The fourth-order valence-corrected chi connectivity index (χ4v) is 3.27. The van der Waals surface area contributed by atoms with Gasteiger partial charge in [-0.25, -0.2) is 4.39 Å². The number of anilines is 1. The maximum Gasteiger partial charge on any atom is 0.245 e. The monoisotopic (exact) mass is 252 g/mol. The van der Waals surface area contributed by atoms with Crippen LogP contribution in [0.2, 0.25) is 0 Å². The standard InChI is InChI=1S/C12H13FN2OS/c13-9-1-2-11-8(5-9)3-4-15(11)12(16)10-6-17-7-14-10/h1-2,5,10,14H,3-4,6-7H2. The molecule has 1 fully saturated rings. The normalized spacial score (nSPS) is 22.9. The highest BCUT2D eigenvalue weighted by molar-refractivity contribution is 7.99. The minimum atomic E-state index is -0.229. The van der Waals surface area contributed by atoms with Crippen LogP contribution in [0.4, 0.5) is 10.1 Å². The van der Waals surface area contributed by atoms with Crippen LogP contribution in [-0.2, 0) is 11.2 Å². The van der Waals surface area contributed by atoms with Gasteiger partial charge in [0.15, 0.2) is 0 Å². The van der Waals surface area contributed by atoms with Crippen molar-refractivity contribution in [2.45, 2.75) is 12.5 Å². The number of hydrogen-bond acceptors (Lipinski definition) is 3. The number of benzene rings is 1. The van der Waals surface area contributed by atoms with E-state index in [2.05, 4.69) is 5.32 Å². The predicted octanol–water partition coefficient (Wildman–Crippen LogP) is 1.38. The number of hydrogen-bond donors (Lipinski definition) is 1. The van der Waals surface area contributed by atoms with Crippen LogP contribution in [0.15, 0.2) is 18.2 Å². The van der Waals surface area contributed by atoms with Gasteiger partial charge in [-0.15, -0.1) is 11.8 Å². The molecule has 0 bridgehead atoms. The number of nitrogens with zero attached hydrogens (tertiary/aromatic N) is 1. The number of carbonyl (C=O) groups is 1. The summed E-state index contributed by atoms with van der Waals surface area (Å²) in [7, 11) is 0. The molecule has 0 aromatic heterocycles. The minimum Gasteiger partial charge on any atom is -0.310 e. The van der Waals surface area contributed by atoms with Crippen LogP contribution in [0.5, 0.6) is 0 Å². The molecule has 1 atom stereocenters. The van der Waals surface area contributed by atoms with Crippen molar-refractivity contribution in [3.05, 3.63) is 29.6 Å². The predicted molar refractivity (Wildman–Crippen MR) is 66.7 cm³/mol. The number of rotatable bonds is 1. The van der Waals surface area contributed by atoms with E-state index in [1.54, 1.807) is 22.7 Å². The van der Waals surface area contributed by atoms with E-state index in [0.29, 0.717) is 6.54 Å². The van der Waals surface area contributed by atoms with Gasteiger partial charge in [0, 0.05) is 23.9 Å². The summed E-state index contributed by atoms with van der Waals surface area (Å²) in [5.41, 5.74) is 1.80. The van der Waals surface area contributed by atoms with Gasteiger partial charge in [-0.1, -0.05) is 0 Å². The Morgan fingerprint density at radius 2 is 2.41 bits per heavy atom. The number of fused-ring (bicyclic) bond motifs is 1. The van der Waals surface area contributed by atoms with Gasteiger partial charge in [-0.2, -0.15) is 0 Å². The quantitative estimate of drug-likeness (QED) is 0.819. The van der Waals surface area contributed by atoms with Crippen molar-refractivity contribution >= 4 is 23.4 Å². The SMILES string of the molecule is O=C(C1CSCN1)N1CCc2cc(F)ccc21. The number of thioether (sulfide) groups is 1. The van der Waals surface area contributed by atoms with Gasteiger partial charge in [-0.3, -0.25) is 10.1 Å². The summed E-state index contributed by atoms with van der Waals surface area (Å²) in [5.74, 6) is 1.54. The van der Waals surface area contributed by atoms with E-state index < -0.39 is 0 Å². The number of amides is 1. The Labute approximate surface area is 103 Å². The largest absolute Gasteiger partial charge is 0.310 e. The van der Waals surface area contributed by atoms with Crippen LogP contribution >= 0.6 is 11.8 Å². The molecule has 1 aromatic rings. The Morgan fingerprint density at radius 3 is 3.18 bits per heavy atom. The van der Waals surface area contributed by atoms with Gasteiger partial charge in [0.25, 0.3) is 0 Å². The van der Waals surface area contributed by atoms with E-state index >= 15 is 0 Å². The summed E-state index contributed by atoms with van der Waals surface area (Å²) >= 11 is 1.73. The molecule has 3 nitrogen and oxygen atoms in total. The second-order valence-electron chi connectivity index (χ2n) is 4.28. The van der Waals surface area contributed by atoms with Crippen LogP contribution in [-0.4, -0.2) is 30.1 Å². The highest BCUT2D eigenvalue weighted by Gasteiger charge is 2.31. The third-order valence-corrected chi connectivity index (χ3v) is 4.16. The van der Waals surface area contributed by atoms with Gasteiger partial charge in [-0.05, 0) is 30.2 Å². The molecular weight excluding hydrogens is 239 g/mol. The zero-order valence-electron chi connectivity index (χ0n) is 9.28. The first kappa shape index (κ1) is 11.0. The summed E-state index contributed by atoms with van der Waals surface area (Å²) in [4.78, 5) is 14.0. The molecule has 2 aliphatic heterocycles. The first-order chi connectivity index (χ1) is 8.25. The summed E-state index contributed by atoms with van der Waals surface area (Å²) in [6, 6.07) is 4.56. The van der Waals surface area contributed by atoms with Crippen LogP contribution < -0.4 is 10.2 Å². The van der Waals surface area contributed by atoms with Gasteiger partial charge in [0.05, 0.1) is 6.04 Å². The van der Waals surface area contributed by atoms with Crippen molar-refractivity contribution in [1.29, 1.82) is 0 Å². The Bertz CT molecular complexity index is 460. The van der Waals surface area contributed by atoms with E-state index in [-0.39, 0.29) is 17.8 Å². The van der Waals surface area contributed by atoms with Gasteiger partial charge >= 0.3 is 0 Å². The molecule has 1 aromatic carbocycles. The third kappa shape index (κ3) is 1.93. The fraction of sp³-hybridized carbons (Fsp3) is 0.417. The van der Waals surface area contributed by atoms with E-state index in [4.69, 9.17) is 0 Å². The van der Waals surface area contributed by atoms with Crippen LogP contribution in [0.3, 0.4) is 0 Å². The number of nitrogens with one attached hydrogen (secondary N) is 1. The Morgan fingerprint density at radius 1 is 1.53 bits per heavy atom. The molecular formula is C12H13FN2OS. The highest BCUT2D eigenvalue weighted by Crippen LogP contribution is 2.29. The second-order valence-corrected chi connectivity index (χ2v) is 5.32. The van der Waals surface area contributed by atoms with Crippen LogP contribution in [0.25, 0.3) is 0 Å². The molecule has 1 amide bonds. The molecule has 1 saturated heterocycles. The van der Waals surface area contributed by atoms with E-state index in [9.17, 15) is 9.18 Å². The topological polar surface area (TPSA) is 32.3 Å². The van der Waals surface area contributed by atoms with Gasteiger partial charge < -0.3 is 4.90 Å².